The average Bonchev–Trinajstić information content (AvgIpc) is 3.25. The molecule has 206 valence electrons. The zero-order valence-electron chi connectivity index (χ0n) is 21.5. The molecule has 3 aromatic heterocycles. The van der Waals surface area contributed by atoms with Crippen molar-refractivity contribution < 1.29 is 23.8 Å². The minimum absolute atomic E-state index is 0.0488. The second-order valence-electron chi connectivity index (χ2n) is 8.90. The van der Waals surface area contributed by atoms with E-state index in [9.17, 15) is 14.3 Å². The molecule has 39 heavy (non-hydrogen) atoms. The normalized spacial score (nSPS) is 14.1. The van der Waals surface area contributed by atoms with Crippen LogP contribution in [0.15, 0.2) is 48.8 Å². The highest BCUT2D eigenvalue weighted by Crippen LogP contribution is 2.23. The third-order valence-corrected chi connectivity index (χ3v) is 6.55. The maximum absolute atomic E-state index is 13.9. The van der Waals surface area contributed by atoms with Crippen LogP contribution < -0.4 is 9.47 Å². The zero-order chi connectivity index (χ0) is 27.9. The van der Waals surface area contributed by atoms with Crippen molar-refractivity contribution in [1.29, 1.82) is 0 Å². The van der Waals surface area contributed by atoms with Crippen molar-refractivity contribution in [2.45, 2.75) is 32.1 Å². The summed E-state index contributed by atoms with van der Waals surface area (Å²) >= 11 is 9.25. The van der Waals surface area contributed by atoms with Gasteiger partial charge in [0, 0.05) is 38.6 Å². The Kier molecular flexibility index (Phi) is 9.60. The molecule has 0 amide bonds. The third kappa shape index (κ3) is 7.17. The lowest BCUT2D eigenvalue weighted by Crippen LogP contribution is -2.38. The van der Waals surface area contributed by atoms with Gasteiger partial charge in [-0.2, -0.15) is 12.6 Å². The summed E-state index contributed by atoms with van der Waals surface area (Å²) in [5.74, 6) is -0.139. The molecule has 4 heterocycles. The fourth-order valence-corrected chi connectivity index (χ4v) is 4.50. The number of carboxylic acid groups (broad SMARTS) is 1. The Balaban J connectivity index is 0.00000172. The number of benzene rings is 1. The molecule has 1 N–H and O–H groups in total. The van der Waals surface area contributed by atoms with Crippen LogP contribution in [0.3, 0.4) is 0 Å². The van der Waals surface area contributed by atoms with E-state index < -0.39 is 11.8 Å². The van der Waals surface area contributed by atoms with Crippen LogP contribution in [-0.2, 0) is 20.2 Å². The number of hydrogen-bond donors (Lipinski definition) is 2. The zero-order valence-corrected chi connectivity index (χ0v) is 23.2. The first kappa shape index (κ1) is 28.6. The van der Waals surface area contributed by atoms with E-state index in [1.54, 1.807) is 42.8 Å². The Hall–Kier alpha value is -3.41. The largest absolute Gasteiger partial charge is 0.490 e. The number of imidazole rings is 1. The van der Waals surface area contributed by atoms with Crippen LogP contribution in [0.2, 0.25) is 5.02 Å². The summed E-state index contributed by atoms with van der Waals surface area (Å²) < 4.78 is 27.5. The van der Waals surface area contributed by atoms with Crippen LogP contribution in [0, 0.1) is 5.82 Å². The maximum Gasteiger partial charge on any atom is 0.335 e. The lowest BCUT2D eigenvalue weighted by Gasteiger charge is -2.31. The highest BCUT2D eigenvalue weighted by Gasteiger charge is 2.22. The monoisotopic (exact) mass is 573 g/mol. The van der Waals surface area contributed by atoms with Gasteiger partial charge in [0.15, 0.2) is 5.82 Å². The molecule has 1 aromatic carbocycles. The first-order chi connectivity index (χ1) is 18.9. The number of carboxylic acids is 1. The number of aryl methyl sites for hydroxylation is 1. The number of fused-ring (bicyclic) bond motifs is 1. The Morgan fingerprint density at radius 1 is 1.18 bits per heavy atom. The summed E-state index contributed by atoms with van der Waals surface area (Å²) in [5, 5.41) is 9.46. The van der Waals surface area contributed by atoms with E-state index in [2.05, 4.69) is 27.5 Å². The van der Waals surface area contributed by atoms with Crippen molar-refractivity contribution in [2.24, 2.45) is 7.05 Å². The Labute approximate surface area is 236 Å². The highest BCUT2D eigenvalue weighted by molar-refractivity contribution is 7.79. The fraction of sp³-hybridized carbons (Fsp3) is 0.333. The van der Waals surface area contributed by atoms with Gasteiger partial charge in [0.2, 0.25) is 0 Å². The van der Waals surface area contributed by atoms with E-state index in [1.807, 2.05) is 11.6 Å². The number of ether oxygens (including phenoxy) is 2. The smallest absolute Gasteiger partial charge is 0.335 e. The van der Waals surface area contributed by atoms with E-state index in [-0.39, 0.29) is 29.2 Å². The van der Waals surface area contributed by atoms with Gasteiger partial charge in [-0.1, -0.05) is 11.6 Å². The van der Waals surface area contributed by atoms with Gasteiger partial charge in [0.05, 0.1) is 33.9 Å². The van der Waals surface area contributed by atoms with Crippen molar-refractivity contribution in [3.63, 3.8) is 0 Å². The van der Waals surface area contributed by atoms with Crippen LogP contribution in [0.25, 0.3) is 11.0 Å². The van der Waals surface area contributed by atoms with E-state index in [0.717, 1.165) is 48.9 Å². The number of likely N-dealkylation sites (tertiary alicyclic amines) is 1. The fourth-order valence-electron chi connectivity index (χ4n) is 4.35. The SMILES string of the molecule is CS.Cn1c(CN2CCC(Oc3ccnc(COc4ncc(Cl)cc4F)c3)CC2)nc2ccc(C(=O)O)cc21. The van der Waals surface area contributed by atoms with Crippen molar-refractivity contribution in [3.05, 3.63) is 76.7 Å². The number of thiol groups is 1. The number of piperidine rings is 1. The van der Waals surface area contributed by atoms with Crippen molar-refractivity contribution in [1.82, 2.24) is 24.4 Å². The first-order valence-electron chi connectivity index (χ1n) is 12.3. The highest BCUT2D eigenvalue weighted by atomic mass is 35.5. The van der Waals surface area contributed by atoms with E-state index >= 15 is 0 Å². The van der Waals surface area contributed by atoms with Crippen LogP contribution in [0.1, 0.15) is 34.7 Å². The quantitative estimate of drug-likeness (QED) is 0.283. The molecule has 12 heteroatoms. The number of carbonyl (C=O) groups is 1. The van der Waals surface area contributed by atoms with Gasteiger partial charge < -0.3 is 19.1 Å². The first-order valence-corrected chi connectivity index (χ1v) is 13.5. The van der Waals surface area contributed by atoms with Crippen molar-refractivity contribution >= 4 is 41.2 Å². The molecule has 0 bridgehead atoms. The summed E-state index contributed by atoms with van der Waals surface area (Å²) in [6, 6.07) is 9.71. The molecule has 1 aliphatic rings. The molecule has 1 saturated heterocycles. The minimum atomic E-state index is -0.951. The third-order valence-electron chi connectivity index (χ3n) is 6.34. The Bertz CT molecular complexity index is 1450. The molecular formula is C27H29ClFN5O4S. The number of aromatic carboxylic acids is 1. The number of rotatable bonds is 8. The predicted octanol–water partition coefficient (Wildman–Crippen LogP) is 5.02. The molecule has 0 spiro atoms. The second kappa shape index (κ2) is 13.1. The topological polar surface area (TPSA) is 103 Å². The minimum Gasteiger partial charge on any atom is -0.490 e. The van der Waals surface area contributed by atoms with Crippen molar-refractivity contribution in [2.75, 3.05) is 19.3 Å². The van der Waals surface area contributed by atoms with Crippen LogP contribution in [0.4, 0.5) is 4.39 Å². The van der Waals surface area contributed by atoms with Gasteiger partial charge in [-0.15, -0.1) is 0 Å². The van der Waals surface area contributed by atoms with Gasteiger partial charge in [0.1, 0.15) is 24.3 Å². The molecule has 0 unspecified atom stereocenters. The van der Waals surface area contributed by atoms with Gasteiger partial charge >= 0.3 is 5.97 Å². The maximum atomic E-state index is 13.9. The lowest BCUT2D eigenvalue weighted by molar-refractivity contribution is 0.0697. The Morgan fingerprint density at radius 2 is 1.95 bits per heavy atom. The van der Waals surface area contributed by atoms with Gasteiger partial charge in [-0.25, -0.2) is 19.2 Å². The molecule has 0 saturated carbocycles. The number of pyridine rings is 2. The average molecular weight is 574 g/mol. The molecule has 5 rings (SSSR count). The lowest BCUT2D eigenvalue weighted by atomic mass is 10.1. The number of nitrogens with zero attached hydrogens (tertiary/aromatic N) is 5. The van der Waals surface area contributed by atoms with Gasteiger partial charge in [0.25, 0.3) is 5.88 Å². The molecular weight excluding hydrogens is 545 g/mol. The van der Waals surface area contributed by atoms with E-state index in [4.69, 9.17) is 26.1 Å². The molecule has 0 atom stereocenters. The standard InChI is InChI=1S/C26H25ClFN5O4.CH4S/c1-32-23-10-16(26(34)35)2-3-22(23)31-24(32)14-33-8-5-19(6-9-33)37-20-4-7-29-18(12-20)15-36-25-21(28)11-17(27)13-30-25;1-2/h2-4,7,10-13,19H,5-6,8-9,14-15H2,1H3,(H,34,35);2H,1H3. The summed E-state index contributed by atoms with van der Waals surface area (Å²) in [4.78, 5) is 26.4. The summed E-state index contributed by atoms with van der Waals surface area (Å²) in [6.45, 7) is 2.41. The number of aromatic nitrogens is 4. The molecule has 4 aromatic rings. The summed E-state index contributed by atoms with van der Waals surface area (Å²) in [7, 11) is 1.91. The van der Waals surface area contributed by atoms with Gasteiger partial charge in [-0.05, 0) is 49.4 Å². The molecule has 0 radical (unpaired) electrons. The van der Waals surface area contributed by atoms with E-state index in [1.165, 1.54) is 6.20 Å². The summed E-state index contributed by atoms with van der Waals surface area (Å²) in [5.41, 5.74) is 2.44. The van der Waals surface area contributed by atoms with Crippen LogP contribution in [0.5, 0.6) is 11.6 Å². The summed E-state index contributed by atoms with van der Waals surface area (Å²) in [6.07, 6.45) is 6.41. The molecule has 0 aliphatic carbocycles. The number of halogens is 2. The second-order valence-corrected chi connectivity index (χ2v) is 9.34. The molecule has 1 fully saturated rings. The molecule has 1 aliphatic heterocycles. The van der Waals surface area contributed by atoms with Crippen LogP contribution in [-0.4, -0.2) is 60.9 Å². The molecule has 9 nitrogen and oxygen atoms in total. The van der Waals surface area contributed by atoms with E-state index in [0.29, 0.717) is 18.0 Å². The van der Waals surface area contributed by atoms with Crippen molar-refractivity contribution in [3.8, 4) is 11.6 Å². The predicted molar refractivity (Wildman–Crippen MR) is 149 cm³/mol. The van der Waals surface area contributed by atoms with Gasteiger partial charge in [-0.3, -0.25) is 9.88 Å². The number of hydrogen-bond acceptors (Lipinski definition) is 8. The van der Waals surface area contributed by atoms with Crippen LogP contribution >= 0.6 is 24.2 Å². The Morgan fingerprint density at radius 3 is 2.67 bits per heavy atom.